The van der Waals surface area contributed by atoms with E-state index in [1.807, 2.05) is 25.1 Å². The summed E-state index contributed by atoms with van der Waals surface area (Å²) in [5.74, 6) is -0.561. The van der Waals surface area contributed by atoms with Crippen LogP contribution in [0.3, 0.4) is 0 Å². The number of aromatic nitrogens is 2. The minimum atomic E-state index is -0.914. The van der Waals surface area contributed by atoms with Crippen LogP contribution < -0.4 is 0 Å². The molecule has 1 atom stereocenters. The van der Waals surface area contributed by atoms with Crippen molar-refractivity contribution in [2.24, 2.45) is 11.3 Å². The lowest BCUT2D eigenvalue weighted by Crippen LogP contribution is -2.14. The standard InChI is InChI=1S/C20H27ClN2O2/c1-6-17-18(19(24)25)16(10-13(2)12-20(3,4)5)22-23(17)15-9-7-8-14(21)11-15/h7-9,11,13H,6,10,12H2,1-5H3,(H,24,25). The summed E-state index contributed by atoms with van der Waals surface area (Å²) in [5, 5.41) is 15.0. The summed E-state index contributed by atoms with van der Waals surface area (Å²) in [6.07, 6.45) is 2.26. The molecule has 0 amide bonds. The van der Waals surface area contributed by atoms with Gasteiger partial charge in [0, 0.05) is 5.02 Å². The zero-order valence-corrected chi connectivity index (χ0v) is 16.4. The van der Waals surface area contributed by atoms with Gasteiger partial charge in [0.05, 0.1) is 17.1 Å². The van der Waals surface area contributed by atoms with E-state index in [-0.39, 0.29) is 5.41 Å². The molecule has 0 fully saturated rings. The van der Waals surface area contributed by atoms with Gasteiger partial charge in [-0.2, -0.15) is 5.10 Å². The third-order valence-corrected chi connectivity index (χ3v) is 4.39. The van der Waals surface area contributed by atoms with Crippen molar-refractivity contribution in [2.75, 3.05) is 0 Å². The summed E-state index contributed by atoms with van der Waals surface area (Å²) in [6.45, 7) is 10.7. The van der Waals surface area contributed by atoms with Gasteiger partial charge in [-0.05, 0) is 48.8 Å². The van der Waals surface area contributed by atoms with Gasteiger partial charge in [0.2, 0.25) is 0 Å². The molecular weight excluding hydrogens is 336 g/mol. The highest BCUT2D eigenvalue weighted by Crippen LogP contribution is 2.29. The lowest BCUT2D eigenvalue weighted by atomic mass is 9.83. The minimum absolute atomic E-state index is 0.200. The minimum Gasteiger partial charge on any atom is -0.478 e. The second-order valence-electron chi connectivity index (χ2n) is 7.89. The van der Waals surface area contributed by atoms with Gasteiger partial charge in [-0.15, -0.1) is 0 Å². The molecule has 0 aliphatic heterocycles. The second-order valence-corrected chi connectivity index (χ2v) is 8.33. The molecule has 1 aromatic carbocycles. The van der Waals surface area contributed by atoms with Gasteiger partial charge < -0.3 is 5.11 Å². The molecule has 0 saturated carbocycles. The molecule has 0 radical (unpaired) electrons. The SMILES string of the molecule is CCc1c(C(=O)O)c(CC(C)CC(C)(C)C)nn1-c1cccc(Cl)c1. The Morgan fingerprint density at radius 2 is 2.04 bits per heavy atom. The number of nitrogens with zero attached hydrogens (tertiary/aromatic N) is 2. The maximum absolute atomic E-state index is 11.9. The zero-order chi connectivity index (χ0) is 18.8. The van der Waals surface area contributed by atoms with Crippen LogP contribution in [-0.2, 0) is 12.8 Å². The number of rotatable bonds is 6. The summed E-state index contributed by atoms with van der Waals surface area (Å²) in [6, 6.07) is 7.35. The number of halogens is 1. The van der Waals surface area contributed by atoms with Gasteiger partial charge in [-0.25, -0.2) is 9.48 Å². The summed E-state index contributed by atoms with van der Waals surface area (Å²) in [5.41, 5.74) is 2.70. The monoisotopic (exact) mass is 362 g/mol. The van der Waals surface area contributed by atoms with E-state index in [2.05, 4.69) is 32.8 Å². The number of hydrogen-bond acceptors (Lipinski definition) is 2. The van der Waals surface area contributed by atoms with Gasteiger partial charge >= 0.3 is 5.97 Å². The van der Waals surface area contributed by atoms with Crippen LogP contribution in [0.15, 0.2) is 24.3 Å². The van der Waals surface area contributed by atoms with E-state index in [4.69, 9.17) is 11.6 Å². The van der Waals surface area contributed by atoms with E-state index in [9.17, 15) is 9.90 Å². The predicted octanol–water partition coefficient (Wildman–Crippen LogP) is 5.40. The Morgan fingerprint density at radius 1 is 1.36 bits per heavy atom. The van der Waals surface area contributed by atoms with E-state index in [0.29, 0.717) is 40.7 Å². The fourth-order valence-corrected chi connectivity index (χ4v) is 3.67. The van der Waals surface area contributed by atoms with Gasteiger partial charge in [0.25, 0.3) is 0 Å². The maximum atomic E-state index is 11.9. The van der Waals surface area contributed by atoms with E-state index >= 15 is 0 Å². The topological polar surface area (TPSA) is 55.1 Å². The summed E-state index contributed by atoms with van der Waals surface area (Å²) in [7, 11) is 0. The highest BCUT2D eigenvalue weighted by atomic mass is 35.5. The van der Waals surface area contributed by atoms with Crippen LogP contribution in [0.4, 0.5) is 0 Å². The Labute approximate surface area is 154 Å². The number of carboxylic acid groups (broad SMARTS) is 1. The average molecular weight is 363 g/mol. The Morgan fingerprint density at radius 3 is 2.56 bits per heavy atom. The molecule has 4 nitrogen and oxygen atoms in total. The maximum Gasteiger partial charge on any atom is 0.339 e. The van der Waals surface area contributed by atoms with Crippen molar-refractivity contribution in [3.8, 4) is 5.69 Å². The van der Waals surface area contributed by atoms with Gasteiger partial charge in [-0.3, -0.25) is 0 Å². The van der Waals surface area contributed by atoms with Crippen molar-refractivity contribution in [1.29, 1.82) is 0 Å². The number of carboxylic acids is 1. The van der Waals surface area contributed by atoms with Crippen molar-refractivity contribution in [1.82, 2.24) is 9.78 Å². The van der Waals surface area contributed by atoms with Crippen molar-refractivity contribution in [3.05, 3.63) is 46.2 Å². The summed E-state index contributed by atoms with van der Waals surface area (Å²) in [4.78, 5) is 11.9. The summed E-state index contributed by atoms with van der Waals surface area (Å²) < 4.78 is 1.73. The molecule has 1 aromatic heterocycles. The van der Waals surface area contributed by atoms with Crippen LogP contribution in [0.25, 0.3) is 5.69 Å². The third kappa shape index (κ3) is 4.85. The van der Waals surface area contributed by atoms with Gasteiger partial charge in [0.1, 0.15) is 5.56 Å². The van der Waals surface area contributed by atoms with E-state index in [0.717, 1.165) is 12.1 Å². The highest BCUT2D eigenvalue weighted by molar-refractivity contribution is 6.30. The predicted molar refractivity (Wildman–Crippen MR) is 102 cm³/mol. The Kier molecular flexibility index (Phi) is 5.94. The quantitative estimate of drug-likeness (QED) is 0.748. The molecule has 2 rings (SSSR count). The van der Waals surface area contributed by atoms with Gasteiger partial charge in [-0.1, -0.05) is 52.3 Å². The van der Waals surface area contributed by atoms with Crippen molar-refractivity contribution in [3.63, 3.8) is 0 Å². The van der Waals surface area contributed by atoms with Crippen molar-refractivity contribution >= 4 is 17.6 Å². The Bertz CT molecular complexity index is 760. The molecule has 1 unspecified atom stereocenters. The van der Waals surface area contributed by atoms with Crippen molar-refractivity contribution in [2.45, 2.75) is 53.9 Å². The average Bonchev–Trinajstić information content (AvgIpc) is 2.83. The smallest absolute Gasteiger partial charge is 0.339 e. The molecule has 5 heteroatoms. The van der Waals surface area contributed by atoms with E-state index in [1.54, 1.807) is 10.7 Å². The van der Waals surface area contributed by atoms with E-state index < -0.39 is 5.97 Å². The molecule has 0 saturated heterocycles. The fraction of sp³-hybridized carbons (Fsp3) is 0.500. The molecule has 1 N–H and O–H groups in total. The number of aromatic carboxylic acids is 1. The summed E-state index contributed by atoms with van der Waals surface area (Å²) >= 11 is 6.10. The molecule has 0 spiro atoms. The van der Waals surface area contributed by atoms with Crippen LogP contribution in [0.5, 0.6) is 0 Å². The first kappa shape index (κ1) is 19.5. The molecule has 0 bridgehead atoms. The lowest BCUT2D eigenvalue weighted by Gasteiger charge is -2.22. The van der Waals surface area contributed by atoms with Crippen LogP contribution >= 0.6 is 11.6 Å². The second kappa shape index (κ2) is 7.61. The molecule has 0 aliphatic rings. The first-order valence-corrected chi connectivity index (χ1v) is 9.10. The van der Waals surface area contributed by atoms with Crippen LogP contribution in [0.2, 0.25) is 5.02 Å². The van der Waals surface area contributed by atoms with Gasteiger partial charge in [0.15, 0.2) is 0 Å². The molecule has 2 aromatic rings. The third-order valence-electron chi connectivity index (χ3n) is 4.16. The van der Waals surface area contributed by atoms with Crippen LogP contribution in [-0.4, -0.2) is 20.9 Å². The van der Waals surface area contributed by atoms with E-state index in [1.165, 1.54) is 0 Å². The first-order chi connectivity index (χ1) is 11.6. The number of carbonyl (C=O) groups is 1. The molecule has 136 valence electrons. The molecule has 25 heavy (non-hydrogen) atoms. The first-order valence-electron chi connectivity index (χ1n) is 8.72. The lowest BCUT2D eigenvalue weighted by molar-refractivity contribution is 0.0694. The molecular formula is C20H27ClN2O2. The fourth-order valence-electron chi connectivity index (χ4n) is 3.49. The largest absolute Gasteiger partial charge is 0.478 e. The normalized spacial score (nSPS) is 13.0. The van der Waals surface area contributed by atoms with Crippen LogP contribution in [0.1, 0.15) is 62.8 Å². The number of hydrogen-bond donors (Lipinski definition) is 1. The van der Waals surface area contributed by atoms with Crippen molar-refractivity contribution < 1.29 is 9.90 Å². The molecule has 1 heterocycles. The highest BCUT2D eigenvalue weighted by Gasteiger charge is 2.25. The van der Waals surface area contributed by atoms with Crippen LogP contribution in [0, 0.1) is 11.3 Å². The Balaban J connectivity index is 2.48. The number of benzene rings is 1. The molecule has 0 aliphatic carbocycles. The Hall–Kier alpha value is -1.81. The zero-order valence-electron chi connectivity index (χ0n) is 15.6.